The van der Waals surface area contributed by atoms with Crippen molar-refractivity contribution in [1.29, 1.82) is 0 Å². The van der Waals surface area contributed by atoms with E-state index in [-0.39, 0.29) is 11.7 Å². The van der Waals surface area contributed by atoms with Gasteiger partial charge in [0.15, 0.2) is 0 Å². The highest BCUT2D eigenvalue weighted by Crippen LogP contribution is 2.24. The zero-order valence-corrected chi connectivity index (χ0v) is 17.6. The molecule has 0 radical (unpaired) electrons. The summed E-state index contributed by atoms with van der Waals surface area (Å²) in [6.45, 7) is 6.80. The first-order valence-corrected chi connectivity index (χ1v) is 9.88. The van der Waals surface area contributed by atoms with E-state index < -0.39 is 0 Å². The van der Waals surface area contributed by atoms with Crippen LogP contribution in [0.4, 0.5) is 5.82 Å². The number of carbonyl (C=O) groups excluding carboxylic acids is 1. The lowest BCUT2D eigenvalue weighted by Gasteiger charge is -2.22. The lowest BCUT2D eigenvalue weighted by molar-refractivity contribution is 0.0815. The molecule has 1 aliphatic heterocycles. The van der Waals surface area contributed by atoms with Crippen LogP contribution in [-0.4, -0.2) is 70.3 Å². The molecule has 152 valence electrons. The van der Waals surface area contributed by atoms with Gasteiger partial charge in [-0.15, -0.1) is 0 Å². The topological polar surface area (TPSA) is 79.2 Å². The van der Waals surface area contributed by atoms with Crippen molar-refractivity contribution in [2.75, 3.05) is 38.6 Å². The molecule has 1 atom stereocenters. The maximum Gasteiger partial charge on any atom is 0.291 e. The zero-order valence-electron chi connectivity index (χ0n) is 17.6. The first-order valence-electron chi connectivity index (χ1n) is 9.88. The number of carbonyl (C=O) groups is 1. The molecule has 0 aromatic carbocycles. The molecule has 2 aromatic heterocycles. The summed E-state index contributed by atoms with van der Waals surface area (Å²) in [5.41, 5.74) is 3.19. The third-order valence-corrected chi connectivity index (χ3v) is 5.28. The minimum atomic E-state index is -0.159. The number of nitrogens with zero attached hydrogens (tertiary/aromatic N) is 6. The second-order valence-electron chi connectivity index (χ2n) is 7.79. The summed E-state index contributed by atoms with van der Waals surface area (Å²) in [7, 11) is 5.40. The van der Waals surface area contributed by atoms with Gasteiger partial charge < -0.3 is 15.1 Å². The second-order valence-corrected chi connectivity index (χ2v) is 7.79. The van der Waals surface area contributed by atoms with E-state index in [1.807, 2.05) is 31.8 Å². The van der Waals surface area contributed by atoms with E-state index in [4.69, 9.17) is 0 Å². The fourth-order valence-electron chi connectivity index (χ4n) is 3.54. The number of amides is 1. The highest BCUT2D eigenvalue weighted by atomic mass is 16.2. The molecule has 0 saturated carbocycles. The number of aromatic nitrogens is 4. The van der Waals surface area contributed by atoms with E-state index in [9.17, 15) is 4.79 Å². The molecule has 1 amide bonds. The quantitative estimate of drug-likeness (QED) is 0.725. The van der Waals surface area contributed by atoms with Crippen LogP contribution in [0.2, 0.25) is 0 Å². The Morgan fingerprint density at radius 3 is 2.79 bits per heavy atom. The van der Waals surface area contributed by atoms with Crippen LogP contribution in [0.25, 0.3) is 0 Å². The molecule has 1 fully saturated rings. The standard InChI is InChI=1S/C20H31N7O/c1-14-15(2)23-18(20(28)25(3)4)24-19(14)27-10-8-17(13-27)21-9-6-7-16-11-22-26(5)12-16/h11-12,17,21H,6-10,13H2,1-5H3/t17-/m1/s1. The van der Waals surface area contributed by atoms with Crippen LogP contribution >= 0.6 is 0 Å². The predicted molar refractivity (Wildman–Crippen MR) is 110 cm³/mol. The van der Waals surface area contributed by atoms with E-state index in [1.54, 1.807) is 14.1 Å². The first-order chi connectivity index (χ1) is 13.3. The molecule has 3 heterocycles. The third kappa shape index (κ3) is 4.67. The van der Waals surface area contributed by atoms with Crippen LogP contribution in [0, 0.1) is 13.8 Å². The van der Waals surface area contributed by atoms with Crippen molar-refractivity contribution in [2.24, 2.45) is 7.05 Å². The summed E-state index contributed by atoms with van der Waals surface area (Å²) < 4.78 is 1.85. The highest BCUT2D eigenvalue weighted by molar-refractivity contribution is 5.90. The summed E-state index contributed by atoms with van der Waals surface area (Å²) >= 11 is 0. The number of rotatable bonds is 7. The number of aryl methyl sites for hydroxylation is 3. The molecule has 1 saturated heterocycles. The monoisotopic (exact) mass is 385 g/mol. The Hall–Kier alpha value is -2.48. The number of nitrogens with one attached hydrogen (secondary N) is 1. The normalized spacial score (nSPS) is 16.6. The van der Waals surface area contributed by atoms with Crippen LogP contribution in [0.15, 0.2) is 12.4 Å². The number of anilines is 1. The largest absolute Gasteiger partial charge is 0.355 e. The number of hydrogen-bond acceptors (Lipinski definition) is 6. The molecular weight excluding hydrogens is 354 g/mol. The summed E-state index contributed by atoms with van der Waals surface area (Å²) in [6.07, 6.45) is 7.22. The van der Waals surface area contributed by atoms with Gasteiger partial charge in [0.1, 0.15) is 5.82 Å². The van der Waals surface area contributed by atoms with E-state index in [1.165, 1.54) is 10.5 Å². The van der Waals surface area contributed by atoms with Gasteiger partial charge in [-0.25, -0.2) is 9.97 Å². The molecular formula is C20H31N7O. The van der Waals surface area contributed by atoms with Crippen molar-refractivity contribution in [1.82, 2.24) is 30.0 Å². The average molecular weight is 386 g/mol. The smallest absolute Gasteiger partial charge is 0.291 e. The Morgan fingerprint density at radius 2 is 2.11 bits per heavy atom. The average Bonchev–Trinajstić information content (AvgIpc) is 3.29. The molecule has 0 spiro atoms. The van der Waals surface area contributed by atoms with E-state index in [0.717, 1.165) is 56.0 Å². The maximum absolute atomic E-state index is 12.3. The maximum atomic E-state index is 12.3. The van der Waals surface area contributed by atoms with Crippen LogP contribution in [0.5, 0.6) is 0 Å². The molecule has 0 aliphatic carbocycles. The van der Waals surface area contributed by atoms with E-state index >= 15 is 0 Å². The van der Waals surface area contributed by atoms with Crippen LogP contribution in [-0.2, 0) is 13.5 Å². The molecule has 2 aromatic rings. The van der Waals surface area contributed by atoms with Crippen molar-refractivity contribution in [3.63, 3.8) is 0 Å². The van der Waals surface area contributed by atoms with Crippen molar-refractivity contribution in [3.05, 3.63) is 35.0 Å². The molecule has 1 aliphatic rings. The van der Waals surface area contributed by atoms with Gasteiger partial charge >= 0.3 is 0 Å². The van der Waals surface area contributed by atoms with Gasteiger partial charge in [0.2, 0.25) is 5.82 Å². The third-order valence-electron chi connectivity index (χ3n) is 5.28. The van der Waals surface area contributed by atoms with Crippen molar-refractivity contribution < 1.29 is 4.79 Å². The van der Waals surface area contributed by atoms with Gasteiger partial charge in [-0.1, -0.05) is 0 Å². The summed E-state index contributed by atoms with van der Waals surface area (Å²) in [6, 6.07) is 0.441. The molecule has 28 heavy (non-hydrogen) atoms. The Morgan fingerprint density at radius 1 is 1.32 bits per heavy atom. The van der Waals surface area contributed by atoms with Gasteiger partial charge in [0, 0.05) is 57.7 Å². The Balaban J connectivity index is 1.56. The Bertz CT molecular complexity index is 830. The van der Waals surface area contributed by atoms with Crippen LogP contribution in [0.3, 0.4) is 0 Å². The van der Waals surface area contributed by atoms with Crippen molar-refractivity contribution in [2.45, 2.75) is 39.2 Å². The minimum absolute atomic E-state index is 0.159. The fourth-order valence-corrected chi connectivity index (χ4v) is 3.54. The van der Waals surface area contributed by atoms with Gasteiger partial charge in [-0.05, 0) is 45.2 Å². The minimum Gasteiger partial charge on any atom is -0.355 e. The summed E-state index contributed by atoms with van der Waals surface area (Å²) in [5, 5.41) is 7.87. The fraction of sp³-hybridized carbons (Fsp3) is 0.600. The van der Waals surface area contributed by atoms with Crippen LogP contribution < -0.4 is 10.2 Å². The van der Waals surface area contributed by atoms with Gasteiger partial charge in [-0.3, -0.25) is 9.48 Å². The SMILES string of the molecule is Cc1nc(C(=O)N(C)C)nc(N2CC[C@@H](NCCCc3cnn(C)c3)C2)c1C. The lowest BCUT2D eigenvalue weighted by Crippen LogP contribution is -2.34. The summed E-state index contributed by atoms with van der Waals surface area (Å²) in [5.74, 6) is 1.00. The van der Waals surface area contributed by atoms with Crippen molar-refractivity contribution in [3.8, 4) is 0 Å². The summed E-state index contributed by atoms with van der Waals surface area (Å²) in [4.78, 5) is 25.1. The van der Waals surface area contributed by atoms with Crippen LogP contribution in [0.1, 0.15) is 40.3 Å². The molecule has 3 rings (SSSR count). The first kappa shape index (κ1) is 20.3. The molecule has 8 heteroatoms. The van der Waals surface area contributed by atoms with Gasteiger partial charge in [0.25, 0.3) is 5.91 Å². The number of hydrogen-bond donors (Lipinski definition) is 1. The van der Waals surface area contributed by atoms with E-state index in [2.05, 4.69) is 31.5 Å². The highest BCUT2D eigenvalue weighted by Gasteiger charge is 2.26. The molecule has 0 bridgehead atoms. The van der Waals surface area contributed by atoms with E-state index in [0.29, 0.717) is 6.04 Å². The molecule has 1 N–H and O–H groups in total. The second kappa shape index (κ2) is 8.68. The Labute approximate surface area is 167 Å². The Kier molecular flexibility index (Phi) is 6.28. The van der Waals surface area contributed by atoms with Crippen molar-refractivity contribution >= 4 is 11.7 Å². The molecule has 8 nitrogen and oxygen atoms in total. The lowest BCUT2D eigenvalue weighted by atomic mass is 10.2. The zero-order chi connectivity index (χ0) is 20.3. The van der Waals surface area contributed by atoms with Gasteiger partial charge in [-0.2, -0.15) is 5.10 Å². The predicted octanol–water partition coefficient (Wildman–Crippen LogP) is 1.33. The molecule has 0 unspecified atom stereocenters. The van der Waals surface area contributed by atoms with Gasteiger partial charge in [0.05, 0.1) is 6.20 Å².